The molecule has 2 amide bonds. The van der Waals surface area contributed by atoms with Gasteiger partial charge in [-0.2, -0.15) is 0 Å². The van der Waals surface area contributed by atoms with Crippen LogP contribution in [0.25, 0.3) is 0 Å². The van der Waals surface area contributed by atoms with Crippen LogP contribution >= 0.6 is 34.8 Å². The van der Waals surface area contributed by atoms with Crippen molar-refractivity contribution in [1.82, 2.24) is 15.5 Å². The number of rotatable bonds is 5. The number of hydrogen-bond donors (Lipinski definition) is 2. The fourth-order valence-corrected chi connectivity index (χ4v) is 3.40. The second-order valence-corrected chi connectivity index (χ2v) is 7.82. The molecule has 0 aliphatic carbocycles. The molecular weight excluding hydrogens is 481 g/mol. The van der Waals surface area contributed by atoms with Crippen molar-refractivity contribution in [3.63, 3.8) is 0 Å². The van der Waals surface area contributed by atoms with E-state index in [2.05, 4.69) is 33.2 Å². The molecule has 0 saturated carbocycles. The van der Waals surface area contributed by atoms with Gasteiger partial charge < -0.3 is 15.0 Å². The van der Waals surface area contributed by atoms with Crippen LogP contribution in [0.2, 0.25) is 0 Å². The molecule has 9 heteroatoms. The van der Waals surface area contributed by atoms with Gasteiger partial charge in [0.05, 0.1) is 12.5 Å². The Bertz CT molecular complexity index is 743. The second-order valence-electron chi connectivity index (χ2n) is 6.18. The number of esters is 1. The average molecular weight is 503 g/mol. The molecule has 1 fully saturated rings. The third kappa shape index (κ3) is 6.13. The molecule has 2 rings (SSSR count). The van der Waals surface area contributed by atoms with E-state index in [4.69, 9.17) is 17.0 Å². The summed E-state index contributed by atoms with van der Waals surface area (Å²) in [4.78, 5) is 38.4. The summed E-state index contributed by atoms with van der Waals surface area (Å²) in [5.41, 5.74) is 0.471. The molecule has 1 saturated heterocycles. The second kappa shape index (κ2) is 9.98. The molecule has 1 aromatic carbocycles. The van der Waals surface area contributed by atoms with E-state index in [1.807, 2.05) is 13.0 Å². The van der Waals surface area contributed by atoms with Crippen LogP contribution in [0.3, 0.4) is 0 Å². The van der Waals surface area contributed by atoms with Gasteiger partial charge in [-0.25, -0.2) is 0 Å². The molecule has 1 aromatic rings. The Hall–Kier alpha value is -1.75. The lowest BCUT2D eigenvalue weighted by Gasteiger charge is -2.36. The highest BCUT2D eigenvalue weighted by molar-refractivity contribution is 14.1. The summed E-state index contributed by atoms with van der Waals surface area (Å²) in [6.45, 7) is 4.49. The van der Waals surface area contributed by atoms with Crippen LogP contribution in [0.15, 0.2) is 24.3 Å². The number of amides is 2. The smallest absolute Gasteiger partial charge is 0.308 e. The van der Waals surface area contributed by atoms with Gasteiger partial charge in [-0.15, -0.1) is 0 Å². The molecule has 0 spiro atoms. The quantitative estimate of drug-likeness (QED) is 0.363. The average Bonchev–Trinajstić information content (AvgIpc) is 2.63. The number of carbonyl (C=O) groups is 3. The molecule has 1 aliphatic rings. The molecule has 1 heterocycles. The Morgan fingerprint density at radius 3 is 2.89 bits per heavy atom. The number of nitrogens with zero attached hydrogens (tertiary/aromatic N) is 1. The highest BCUT2D eigenvalue weighted by atomic mass is 127. The van der Waals surface area contributed by atoms with E-state index in [1.54, 1.807) is 30.0 Å². The zero-order chi connectivity index (χ0) is 20.0. The SMILES string of the molecule is CCC(C)OC(=O)CC1C(=O)NCCN1C(=S)NC(=O)c1cccc(I)c1. The molecule has 0 aromatic heterocycles. The van der Waals surface area contributed by atoms with Crippen LogP contribution in [0, 0.1) is 3.57 Å². The summed E-state index contributed by atoms with van der Waals surface area (Å²) in [5.74, 6) is -1.14. The van der Waals surface area contributed by atoms with Crippen LogP contribution in [0.1, 0.15) is 37.0 Å². The Morgan fingerprint density at radius 2 is 2.22 bits per heavy atom. The lowest BCUT2D eigenvalue weighted by atomic mass is 10.1. The van der Waals surface area contributed by atoms with Crippen molar-refractivity contribution in [1.29, 1.82) is 0 Å². The van der Waals surface area contributed by atoms with Gasteiger partial charge in [0.15, 0.2) is 5.11 Å². The minimum absolute atomic E-state index is 0.120. The fraction of sp³-hybridized carbons (Fsp3) is 0.444. The van der Waals surface area contributed by atoms with Crippen molar-refractivity contribution in [2.24, 2.45) is 0 Å². The lowest BCUT2D eigenvalue weighted by Crippen LogP contribution is -2.60. The van der Waals surface area contributed by atoms with Gasteiger partial charge >= 0.3 is 5.97 Å². The van der Waals surface area contributed by atoms with E-state index >= 15 is 0 Å². The molecule has 7 nitrogen and oxygen atoms in total. The number of hydrogen-bond acceptors (Lipinski definition) is 5. The van der Waals surface area contributed by atoms with Gasteiger partial charge in [-0.05, 0) is 66.4 Å². The minimum atomic E-state index is -0.806. The van der Waals surface area contributed by atoms with E-state index in [-0.39, 0.29) is 29.5 Å². The zero-order valence-electron chi connectivity index (χ0n) is 15.2. The number of halogens is 1. The van der Waals surface area contributed by atoms with Crippen LogP contribution in [0.5, 0.6) is 0 Å². The number of carbonyl (C=O) groups excluding carboxylic acids is 3. The van der Waals surface area contributed by atoms with Crippen molar-refractivity contribution >= 4 is 57.7 Å². The van der Waals surface area contributed by atoms with Crippen LogP contribution in [-0.2, 0) is 14.3 Å². The van der Waals surface area contributed by atoms with Crippen molar-refractivity contribution < 1.29 is 19.1 Å². The molecular formula is C18H22IN3O4S. The minimum Gasteiger partial charge on any atom is -0.463 e. The molecule has 0 bridgehead atoms. The molecule has 2 N–H and O–H groups in total. The Labute approximate surface area is 177 Å². The summed E-state index contributed by atoms with van der Waals surface area (Å²) in [7, 11) is 0. The summed E-state index contributed by atoms with van der Waals surface area (Å²) in [6, 6.07) is 6.27. The lowest BCUT2D eigenvalue weighted by molar-refractivity contribution is -0.151. The Balaban J connectivity index is 2.06. The van der Waals surface area contributed by atoms with Gasteiger partial charge in [-0.1, -0.05) is 13.0 Å². The molecule has 0 radical (unpaired) electrons. The maximum absolute atomic E-state index is 12.4. The number of ether oxygens (including phenoxy) is 1. The van der Waals surface area contributed by atoms with Gasteiger partial charge in [0.25, 0.3) is 5.91 Å². The first-order chi connectivity index (χ1) is 12.8. The first kappa shape index (κ1) is 21.5. The van der Waals surface area contributed by atoms with E-state index in [1.165, 1.54) is 0 Å². The Kier molecular flexibility index (Phi) is 7.96. The maximum Gasteiger partial charge on any atom is 0.308 e. The number of nitrogens with one attached hydrogen (secondary N) is 2. The van der Waals surface area contributed by atoms with E-state index in [0.29, 0.717) is 25.1 Å². The van der Waals surface area contributed by atoms with E-state index < -0.39 is 12.0 Å². The zero-order valence-corrected chi connectivity index (χ0v) is 18.1. The largest absolute Gasteiger partial charge is 0.463 e. The third-order valence-corrected chi connectivity index (χ3v) is 5.17. The van der Waals surface area contributed by atoms with Crippen LogP contribution in [-0.4, -0.2) is 53.0 Å². The summed E-state index contributed by atoms with van der Waals surface area (Å²) in [5, 5.41) is 5.49. The van der Waals surface area contributed by atoms with Crippen LogP contribution < -0.4 is 10.6 Å². The fourth-order valence-electron chi connectivity index (χ4n) is 2.55. The molecule has 2 unspecified atom stereocenters. The molecule has 1 aliphatic heterocycles. The van der Waals surface area contributed by atoms with Crippen molar-refractivity contribution in [2.45, 2.75) is 38.8 Å². The Morgan fingerprint density at radius 1 is 1.48 bits per heavy atom. The topological polar surface area (TPSA) is 87.7 Å². The highest BCUT2D eigenvalue weighted by Gasteiger charge is 2.34. The summed E-state index contributed by atoms with van der Waals surface area (Å²) >= 11 is 7.46. The van der Waals surface area contributed by atoms with Gasteiger partial charge in [0.1, 0.15) is 6.04 Å². The highest BCUT2D eigenvalue weighted by Crippen LogP contribution is 2.13. The summed E-state index contributed by atoms with van der Waals surface area (Å²) in [6.07, 6.45) is 0.344. The maximum atomic E-state index is 12.4. The standard InChI is InChI=1S/C18H22IN3O4S/c1-3-11(2)26-15(23)10-14-17(25)20-7-8-22(14)18(27)21-16(24)12-5-4-6-13(19)9-12/h4-6,9,11,14H,3,7-8,10H2,1-2H3,(H,20,25)(H,21,24,27). The van der Waals surface area contributed by atoms with E-state index in [0.717, 1.165) is 3.57 Å². The van der Waals surface area contributed by atoms with Crippen molar-refractivity contribution in [2.75, 3.05) is 13.1 Å². The summed E-state index contributed by atoms with van der Waals surface area (Å²) < 4.78 is 6.19. The third-order valence-electron chi connectivity index (χ3n) is 4.17. The van der Waals surface area contributed by atoms with Crippen molar-refractivity contribution in [3.05, 3.63) is 33.4 Å². The number of benzene rings is 1. The van der Waals surface area contributed by atoms with Gasteiger partial charge in [0.2, 0.25) is 5.91 Å². The van der Waals surface area contributed by atoms with Crippen LogP contribution in [0.4, 0.5) is 0 Å². The monoisotopic (exact) mass is 503 g/mol. The predicted octanol–water partition coefficient (Wildman–Crippen LogP) is 1.84. The van der Waals surface area contributed by atoms with Gasteiger partial charge in [0, 0.05) is 22.2 Å². The number of piperazine rings is 1. The molecule has 27 heavy (non-hydrogen) atoms. The molecule has 2 atom stereocenters. The first-order valence-corrected chi connectivity index (χ1v) is 10.1. The molecule has 146 valence electrons. The predicted molar refractivity (Wildman–Crippen MR) is 113 cm³/mol. The number of thiocarbonyl (C=S) groups is 1. The van der Waals surface area contributed by atoms with Crippen molar-refractivity contribution in [3.8, 4) is 0 Å². The van der Waals surface area contributed by atoms with E-state index in [9.17, 15) is 14.4 Å². The van der Waals surface area contributed by atoms with Gasteiger partial charge in [-0.3, -0.25) is 19.7 Å². The first-order valence-electron chi connectivity index (χ1n) is 8.66. The normalized spacial score (nSPS) is 17.7.